The van der Waals surface area contributed by atoms with Crippen molar-refractivity contribution in [2.24, 2.45) is 4.99 Å². The molecule has 0 aliphatic carbocycles. The van der Waals surface area contributed by atoms with E-state index in [1.54, 1.807) is 6.20 Å². The van der Waals surface area contributed by atoms with Gasteiger partial charge in [0.1, 0.15) is 24.2 Å². The van der Waals surface area contributed by atoms with Crippen molar-refractivity contribution in [3.63, 3.8) is 0 Å². The van der Waals surface area contributed by atoms with E-state index >= 15 is 0 Å². The molecule has 6 heteroatoms. The Hall–Kier alpha value is -3.54. The normalized spacial score (nSPS) is 14.8. The van der Waals surface area contributed by atoms with Gasteiger partial charge in [-0.05, 0) is 42.0 Å². The summed E-state index contributed by atoms with van der Waals surface area (Å²) < 4.78 is 11.9. The summed E-state index contributed by atoms with van der Waals surface area (Å²) >= 11 is 0. The SMILES string of the molecule is CN=C(NCc1ccc(OCc2ccccn2)cc1)N1CCC(Oc2ccccc2)CC1. The highest BCUT2D eigenvalue weighted by Gasteiger charge is 2.22. The molecule has 166 valence electrons. The van der Waals surface area contributed by atoms with Crippen LogP contribution in [-0.4, -0.2) is 42.1 Å². The van der Waals surface area contributed by atoms with Crippen molar-refractivity contribution in [1.29, 1.82) is 0 Å². The first-order valence-electron chi connectivity index (χ1n) is 11.1. The predicted molar refractivity (Wildman–Crippen MR) is 127 cm³/mol. The molecule has 1 aliphatic rings. The minimum absolute atomic E-state index is 0.255. The van der Waals surface area contributed by atoms with Crippen LogP contribution in [0, 0.1) is 0 Å². The third kappa shape index (κ3) is 6.23. The molecule has 32 heavy (non-hydrogen) atoms. The van der Waals surface area contributed by atoms with Gasteiger partial charge in [-0.1, -0.05) is 36.4 Å². The third-order valence-electron chi connectivity index (χ3n) is 5.49. The van der Waals surface area contributed by atoms with Crippen LogP contribution in [0.5, 0.6) is 11.5 Å². The molecule has 0 atom stereocenters. The van der Waals surface area contributed by atoms with E-state index in [0.29, 0.717) is 13.2 Å². The van der Waals surface area contributed by atoms with Gasteiger partial charge in [0.25, 0.3) is 0 Å². The van der Waals surface area contributed by atoms with Gasteiger partial charge >= 0.3 is 0 Å². The largest absolute Gasteiger partial charge is 0.490 e. The molecule has 0 radical (unpaired) electrons. The first-order valence-corrected chi connectivity index (χ1v) is 11.1. The maximum absolute atomic E-state index is 6.10. The Morgan fingerprint density at radius 1 is 0.969 bits per heavy atom. The van der Waals surface area contributed by atoms with Crippen molar-refractivity contribution >= 4 is 5.96 Å². The topological polar surface area (TPSA) is 59.0 Å². The summed E-state index contributed by atoms with van der Waals surface area (Å²) in [5.74, 6) is 2.71. The Bertz CT molecular complexity index is 970. The second-order valence-corrected chi connectivity index (χ2v) is 7.77. The molecule has 0 amide bonds. The number of aliphatic imine (C=N–C) groups is 1. The molecule has 1 saturated heterocycles. The van der Waals surface area contributed by atoms with Gasteiger partial charge in [-0.3, -0.25) is 9.98 Å². The van der Waals surface area contributed by atoms with Gasteiger partial charge < -0.3 is 19.7 Å². The van der Waals surface area contributed by atoms with Crippen molar-refractivity contribution in [2.45, 2.75) is 32.1 Å². The second-order valence-electron chi connectivity index (χ2n) is 7.77. The molecule has 0 bridgehead atoms. The lowest BCUT2D eigenvalue weighted by atomic mass is 10.1. The number of nitrogens with zero attached hydrogens (tertiary/aromatic N) is 3. The summed E-state index contributed by atoms with van der Waals surface area (Å²) in [6, 6.07) is 24.0. The second kappa shape index (κ2) is 11.2. The van der Waals surface area contributed by atoms with E-state index in [1.807, 2.05) is 67.7 Å². The number of para-hydroxylation sites is 1. The fourth-order valence-electron chi connectivity index (χ4n) is 3.73. The van der Waals surface area contributed by atoms with Gasteiger partial charge in [-0.2, -0.15) is 0 Å². The van der Waals surface area contributed by atoms with E-state index < -0.39 is 0 Å². The van der Waals surface area contributed by atoms with Gasteiger partial charge in [0.2, 0.25) is 0 Å². The standard InChI is InChI=1S/C26H30N4O2/c1-27-26(30-17-14-25(15-18-30)32-24-8-3-2-4-9-24)29-19-21-10-12-23(13-11-21)31-20-22-7-5-6-16-28-22/h2-13,16,25H,14-15,17-20H2,1H3,(H,27,29). The number of likely N-dealkylation sites (tertiary alicyclic amines) is 1. The molecule has 0 unspecified atom stereocenters. The van der Waals surface area contributed by atoms with Crippen molar-refractivity contribution in [3.8, 4) is 11.5 Å². The molecule has 1 fully saturated rings. The molecule has 1 aromatic heterocycles. The molecular formula is C26H30N4O2. The quantitative estimate of drug-likeness (QED) is 0.448. The zero-order valence-electron chi connectivity index (χ0n) is 18.5. The number of piperidine rings is 1. The summed E-state index contributed by atoms with van der Waals surface area (Å²) in [5.41, 5.74) is 2.10. The fraction of sp³-hybridized carbons (Fsp3) is 0.308. The van der Waals surface area contributed by atoms with E-state index in [-0.39, 0.29) is 6.10 Å². The summed E-state index contributed by atoms with van der Waals surface area (Å²) in [6.45, 7) is 3.04. The first kappa shape index (κ1) is 21.7. The predicted octanol–water partition coefficient (Wildman–Crippen LogP) is 4.28. The van der Waals surface area contributed by atoms with Crippen LogP contribution in [0.4, 0.5) is 0 Å². The molecule has 0 saturated carbocycles. The Morgan fingerprint density at radius 2 is 1.72 bits per heavy atom. The molecule has 6 nitrogen and oxygen atoms in total. The van der Waals surface area contributed by atoms with Crippen LogP contribution in [0.15, 0.2) is 84.0 Å². The zero-order valence-corrected chi connectivity index (χ0v) is 18.5. The Balaban J connectivity index is 1.21. The molecular weight excluding hydrogens is 400 g/mol. The van der Waals surface area contributed by atoms with E-state index in [2.05, 4.69) is 32.3 Å². The number of aromatic nitrogens is 1. The number of nitrogens with one attached hydrogen (secondary N) is 1. The Kier molecular flexibility index (Phi) is 7.58. The number of rotatable bonds is 7. The average Bonchev–Trinajstić information content (AvgIpc) is 2.86. The van der Waals surface area contributed by atoms with Gasteiger partial charge in [0.15, 0.2) is 5.96 Å². The number of benzene rings is 2. The minimum Gasteiger partial charge on any atom is -0.490 e. The number of hydrogen-bond acceptors (Lipinski definition) is 4. The third-order valence-corrected chi connectivity index (χ3v) is 5.49. The smallest absolute Gasteiger partial charge is 0.193 e. The number of guanidine groups is 1. The van der Waals surface area contributed by atoms with Gasteiger partial charge in [-0.15, -0.1) is 0 Å². The number of hydrogen-bond donors (Lipinski definition) is 1. The lowest BCUT2D eigenvalue weighted by Crippen LogP contribution is -2.47. The van der Waals surface area contributed by atoms with Crippen LogP contribution in [0.1, 0.15) is 24.1 Å². The molecule has 4 rings (SSSR count). The molecule has 1 N–H and O–H groups in total. The lowest BCUT2D eigenvalue weighted by Gasteiger charge is -2.34. The maximum atomic E-state index is 6.10. The summed E-state index contributed by atoms with van der Waals surface area (Å²) in [6.07, 6.45) is 4.00. The first-order chi connectivity index (χ1) is 15.8. The minimum atomic E-state index is 0.255. The fourth-order valence-corrected chi connectivity index (χ4v) is 3.73. The van der Waals surface area contributed by atoms with E-state index in [0.717, 1.165) is 49.1 Å². The number of pyridine rings is 1. The summed E-state index contributed by atoms with van der Waals surface area (Å²) in [4.78, 5) is 11.1. The maximum Gasteiger partial charge on any atom is 0.193 e. The van der Waals surface area contributed by atoms with Crippen molar-refractivity contribution < 1.29 is 9.47 Å². The molecule has 0 spiro atoms. The summed E-state index contributed by atoms with van der Waals surface area (Å²) in [5, 5.41) is 3.48. The lowest BCUT2D eigenvalue weighted by molar-refractivity contribution is 0.129. The monoisotopic (exact) mass is 430 g/mol. The van der Waals surface area contributed by atoms with Crippen LogP contribution in [0.2, 0.25) is 0 Å². The molecule has 2 heterocycles. The highest BCUT2D eigenvalue weighted by atomic mass is 16.5. The highest BCUT2D eigenvalue weighted by molar-refractivity contribution is 5.80. The highest BCUT2D eigenvalue weighted by Crippen LogP contribution is 2.19. The summed E-state index contributed by atoms with van der Waals surface area (Å²) in [7, 11) is 1.84. The van der Waals surface area contributed by atoms with E-state index in [1.165, 1.54) is 5.56 Å². The number of ether oxygens (including phenoxy) is 2. The van der Waals surface area contributed by atoms with Crippen LogP contribution in [0.25, 0.3) is 0 Å². The van der Waals surface area contributed by atoms with Gasteiger partial charge in [-0.25, -0.2) is 0 Å². The Labute approximate surface area is 189 Å². The van der Waals surface area contributed by atoms with Crippen LogP contribution in [0.3, 0.4) is 0 Å². The Morgan fingerprint density at radius 3 is 2.41 bits per heavy atom. The van der Waals surface area contributed by atoms with Gasteiger partial charge in [0, 0.05) is 45.7 Å². The zero-order chi connectivity index (χ0) is 22.0. The van der Waals surface area contributed by atoms with Gasteiger partial charge in [0.05, 0.1) is 5.69 Å². The van der Waals surface area contributed by atoms with Crippen LogP contribution < -0.4 is 14.8 Å². The van der Waals surface area contributed by atoms with Crippen molar-refractivity contribution in [1.82, 2.24) is 15.2 Å². The molecule has 2 aromatic carbocycles. The van der Waals surface area contributed by atoms with E-state index in [9.17, 15) is 0 Å². The van der Waals surface area contributed by atoms with Crippen LogP contribution in [-0.2, 0) is 13.2 Å². The van der Waals surface area contributed by atoms with E-state index in [4.69, 9.17) is 9.47 Å². The average molecular weight is 431 g/mol. The molecule has 1 aliphatic heterocycles. The van der Waals surface area contributed by atoms with Crippen molar-refractivity contribution in [3.05, 3.63) is 90.3 Å². The van der Waals surface area contributed by atoms with Crippen molar-refractivity contribution in [2.75, 3.05) is 20.1 Å². The molecule has 3 aromatic rings. The van der Waals surface area contributed by atoms with Crippen LogP contribution >= 0.6 is 0 Å².